The summed E-state index contributed by atoms with van der Waals surface area (Å²) in [5.41, 5.74) is 0. The van der Waals surface area contributed by atoms with Crippen molar-refractivity contribution in [3.63, 3.8) is 0 Å². The highest BCUT2D eigenvalue weighted by Gasteiger charge is 2.29. The van der Waals surface area contributed by atoms with Gasteiger partial charge in [0.05, 0.1) is 6.26 Å². The predicted molar refractivity (Wildman–Crippen MR) is 89.7 cm³/mol. The number of carbonyl (C=O) groups is 1. The molecule has 1 amide bonds. The summed E-state index contributed by atoms with van der Waals surface area (Å²) in [6.45, 7) is 3.10. The highest BCUT2D eigenvalue weighted by atomic mass is 35.5. The zero-order valence-corrected chi connectivity index (χ0v) is 14.8. The van der Waals surface area contributed by atoms with Gasteiger partial charge in [0.15, 0.2) is 0 Å². The molecule has 130 valence electrons. The summed E-state index contributed by atoms with van der Waals surface area (Å²) < 4.78 is 25.0. The molecule has 2 heterocycles. The molecular formula is C14H28ClN3O3S. The summed E-state index contributed by atoms with van der Waals surface area (Å²) in [5, 5.41) is 3.31. The molecule has 0 spiro atoms. The number of nitrogens with zero attached hydrogens (tertiary/aromatic N) is 1. The Morgan fingerprint density at radius 1 is 1.23 bits per heavy atom. The van der Waals surface area contributed by atoms with Crippen LogP contribution in [0, 0.1) is 5.92 Å². The fraction of sp³-hybridized carbons (Fsp3) is 0.929. The smallest absolute Gasteiger partial charge is 0.223 e. The van der Waals surface area contributed by atoms with Gasteiger partial charge < -0.3 is 10.2 Å². The topological polar surface area (TPSA) is 78.5 Å². The van der Waals surface area contributed by atoms with Crippen molar-refractivity contribution in [2.24, 2.45) is 5.92 Å². The van der Waals surface area contributed by atoms with Crippen LogP contribution in [0.4, 0.5) is 0 Å². The lowest BCUT2D eigenvalue weighted by molar-refractivity contribution is -0.135. The lowest BCUT2D eigenvalue weighted by atomic mass is 9.93. The number of amides is 1. The van der Waals surface area contributed by atoms with E-state index < -0.39 is 10.0 Å². The van der Waals surface area contributed by atoms with Crippen LogP contribution in [0.3, 0.4) is 0 Å². The Morgan fingerprint density at radius 3 is 2.55 bits per heavy atom. The van der Waals surface area contributed by atoms with Crippen LogP contribution in [-0.4, -0.2) is 57.7 Å². The van der Waals surface area contributed by atoms with E-state index in [0.717, 1.165) is 58.0 Å². The maximum atomic E-state index is 12.5. The maximum absolute atomic E-state index is 12.5. The second-order valence-corrected chi connectivity index (χ2v) is 8.09. The molecule has 2 aliphatic rings. The molecule has 2 aliphatic heterocycles. The molecule has 1 atom stereocenters. The Hall–Kier alpha value is -0.370. The minimum Gasteiger partial charge on any atom is -0.338 e. The van der Waals surface area contributed by atoms with Crippen LogP contribution >= 0.6 is 12.4 Å². The third kappa shape index (κ3) is 6.40. The van der Waals surface area contributed by atoms with Crippen molar-refractivity contribution in [2.45, 2.75) is 44.6 Å². The van der Waals surface area contributed by atoms with E-state index in [1.54, 1.807) is 0 Å². The lowest BCUT2D eigenvalue weighted by Gasteiger charge is -2.37. The van der Waals surface area contributed by atoms with E-state index in [-0.39, 0.29) is 24.4 Å². The number of sulfonamides is 1. The number of hydrogen-bond acceptors (Lipinski definition) is 4. The first-order valence-electron chi connectivity index (χ1n) is 7.90. The van der Waals surface area contributed by atoms with Gasteiger partial charge in [0, 0.05) is 25.6 Å². The van der Waals surface area contributed by atoms with Crippen LogP contribution in [0.25, 0.3) is 0 Å². The Labute approximate surface area is 139 Å². The summed E-state index contributed by atoms with van der Waals surface area (Å²) in [7, 11) is -3.20. The summed E-state index contributed by atoms with van der Waals surface area (Å²) >= 11 is 0. The summed E-state index contributed by atoms with van der Waals surface area (Å²) in [4.78, 5) is 14.4. The van der Waals surface area contributed by atoms with E-state index in [9.17, 15) is 13.2 Å². The molecule has 0 aromatic heterocycles. The Balaban J connectivity index is 0.00000242. The molecule has 8 heteroatoms. The first-order chi connectivity index (χ1) is 9.96. The van der Waals surface area contributed by atoms with Gasteiger partial charge in [-0.25, -0.2) is 13.1 Å². The van der Waals surface area contributed by atoms with E-state index in [0.29, 0.717) is 18.9 Å². The minimum absolute atomic E-state index is 0. The minimum atomic E-state index is -3.20. The van der Waals surface area contributed by atoms with Crippen molar-refractivity contribution in [1.82, 2.24) is 14.9 Å². The quantitative estimate of drug-likeness (QED) is 0.763. The summed E-state index contributed by atoms with van der Waals surface area (Å²) in [6, 6.07) is 0.0164. The van der Waals surface area contributed by atoms with E-state index in [4.69, 9.17) is 0 Å². The Bertz CT molecular complexity index is 452. The van der Waals surface area contributed by atoms with Crippen LogP contribution in [0.1, 0.15) is 38.5 Å². The van der Waals surface area contributed by atoms with Crippen molar-refractivity contribution >= 4 is 28.3 Å². The maximum Gasteiger partial charge on any atom is 0.223 e. The number of halogens is 1. The van der Waals surface area contributed by atoms with Crippen LogP contribution in [0.2, 0.25) is 0 Å². The number of hydrogen-bond donors (Lipinski definition) is 2. The number of nitrogens with one attached hydrogen (secondary N) is 2. The fourth-order valence-corrected chi connectivity index (χ4v) is 3.73. The first kappa shape index (κ1) is 19.7. The number of piperidine rings is 2. The Morgan fingerprint density at radius 2 is 1.91 bits per heavy atom. The molecular weight excluding hydrogens is 326 g/mol. The van der Waals surface area contributed by atoms with Gasteiger partial charge in [-0.05, 0) is 51.1 Å². The second-order valence-electron chi connectivity index (χ2n) is 6.25. The average molecular weight is 354 g/mol. The summed E-state index contributed by atoms with van der Waals surface area (Å²) in [5.74, 6) is 0.672. The fourth-order valence-electron chi connectivity index (χ4n) is 3.24. The molecule has 0 radical (unpaired) electrons. The number of likely N-dealkylation sites (tertiary alicyclic amines) is 1. The van der Waals surface area contributed by atoms with Gasteiger partial charge in [0.1, 0.15) is 0 Å². The molecule has 0 aromatic rings. The third-order valence-electron chi connectivity index (χ3n) is 4.45. The van der Waals surface area contributed by atoms with Crippen molar-refractivity contribution < 1.29 is 13.2 Å². The molecule has 0 aromatic carbocycles. The van der Waals surface area contributed by atoms with Crippen LogP contribution in [-0.2, 0) is 14.8 Å². The summed E-state index contributed by atoms with van der Waals surface area (Å²) in [6.07, 6.45) is 6.87. The molecule has 2 saturated heterocycles. The lowest BCUT2D eigenvalue weighted by Crippen LogP contribution is -2.49. The predicted octanol–water partition coefficient (Wildman–Crippen LogP) is 0.728. The largest absolute Gasteiger partial charge is 0.338 e. The van der Waals surface area contributed by atoms with E-state index in [1.165, 1.54) is 0 Å². The zero-order chi connectivity index (χ0) is 15.3. The molecule has 2 N–H and O–H groups in total. The van der Waals surface area contributed by atoms with E-state index in [1.807, 2.05) is 4.90 Å². The van der Waals surface area contributed by atoms with Gasteiger partial charge in [-0.2, -0.15) is 0 Å². The normalized spacial score (nSPS) is 23.9. The van der Waals surface area contributed by atoms with Gasteiger partial charge >= 0.3 is 0 Å². The van der Waals surface area contributed by atoms with Gasteiger partial charge in [0.25, 0.3) is 0 Å². The van der Waals surface area contributed by atoms with Crippen LogP contribution < -0.4 is 10.0 Å². The number of carbonyl (C=O) groups excluding carboxylic acids is 1. The van der Waals surface area contributed by atoms with Crippen molar-refractivity contribution in [3.8, 4) is 0 Å². The van der Waals surface area contributed by atoms with Gasteiger partial charge in [0.2, 0.25) is 15.9 Å². The van der Waals surface area contributed by atoms with E-state index >= 15 is 0 Å². The molecule has 22 heavy (non-hydrogen) atoms. The molecule has 0 aliphatic carbocycles. The van der Waals surface area contributed by atoms with Crippen molar-refractivity contribution in [3.05, 3.63) is 0 Å². The highest BCUT2D eigenvalue weighted by Crippen LogP contribution is 2.22. The number of rotatable bonds is 5. The van der Waals surface area contributed by atoms with Crippen LogP contribution in [0.15, 0.2) is 0 Å². The molecule has 2 fully saturated rings. The van der Waals surface area contributed by atoms with Crippen molar-refractivity contribution in [2.75, 3.05) is 32.4 Å². The SMILES string of the molecule is CS(=O)(=O)NCC1CCCCN1C(=O)CC1CCNCC1.Cl. The van der Waals surface area contributed by atoms with Crippen LogP contribution in [0.5, 0.6) is 0 Å². The Kier molecular flexibility index (Phi) is 8.10. The van der Waals surface area contributed by atoms with Gasteiger partial charge in [-0.1, -0.05) is 0 Å². The zero-order valence-electron chi connectivity index (χ0n) is 13.2. The molecule has 1 unspecified atom stereocenters. The average Bonchev–Trinajstić information content (AvgIpc) is 2.46. The van der Waals surface area contributed by atoms with E-state index in [2.05, 4.69) is 10.0 Å². The monoisotopic (exact) mass is 353 g/mol. The van der Waals surface area contributed by atoms with Gasteiger partial charge in [-0.15, -0.1) is 12.4 Å². The molecule has 6 nitrogen and oxygen atoms in total. The first-order valence-corrected chi connectivity index (χ1v) is 9.79. The molecule has 0 saturated carbocycles. The standard InChI is InChI=1S/C14H27N3O3S.ClH/c1-21(19,20)16-11-13-4-2-3-9-17(13)14(18)10-12-5-7-15-8-6-12;/h12-13,15-16H,2-11H2,1H3;1H. The highest BCUT2D eigenvalue weighted by molar-refractivity contribution is 7.88. The molecule has 0 bridgehead atoms. The second kappa shape index (κ2) is 9.05. The van der Waals surface area contributed by atoms with Crippen molar-refractivity contribution in [1.29, 1.82) is 0 Å². The third-order valence-corrected chi connectivity index (χ3v) is 5.14. The van der Waals surface area contributed by atoms with Gasteiger partial charge in [-0.3, -0.25) is 4.79 Å². The molecule has 2 rings (SSSR count).